The van der Waals surface area contributed by atoms with Crippen molar-refractivity contribution in [3.63, 3.8) is 0 Å². The third-order valence-electron chi connectivity index (χ3n) is 5.96. The van der Waals surface area contributed by atoms with E-state index in [2.05, 4.69) is 12.1 Å². The molecule has 0 aromatic heterocycles. The smallest absolute Gasteiger partial charge is 0.119 e. The van der Waals surface area contributed by atoms with E-state index in [1.165, 1.54) is 64.2 Å². The molecular weight excluding hydrogens is 411 g/mol. The van der Waals surface area contributed by atoms with Gasteiger partial charge in [0.05, 0.1) is 0 Å². The van der Waals surface area contributed by atoms with Gasteiger partial charge in [0.25, 0.3) is 0 Å². The first-order valence-electron chi connectivity index (χ1n) is 10.3. The minimum absolute atomic E-state index is 0. The predicted octanol–water partition coefficient (Wildman–Crippen LogP) is 6.88. The van der Waals surface area contributed by atoms with Crippen molar-refractivity contribution in [1.82, 2.24) is 0 Å². The Hall–Kier alpha value is -1.08. The molecule has 2 nitrogen and oxygen atoms in total. The zero-order valence-corrected chi connectivity index (χ0v) is 18.7. The van der Waals surface area contributed by atoms with E-state index in [-0.39, 0.29) is 26.2 Å². The first-order valence-corrected chi connectivity index (χ1v) is 10.3. The molecule has 0 heterocycles. The van der Waals surface area contributed by atoms with Crippen LogP contribution < -0.4 is 0 Å². The molecule has 144 valence electrons. The molecule has 2 aliphatic rings. The van der Waals surface area contributed by atoms with Crippen LogP contribution in [0.5, 0.6) is 11.5 Å². The second-order valence-electron chi connectivity index (χ2n) is 7.79. The van der Waals surface area contributed by atoms with Crippen molar-refractivity contribution < 1.29 is 36.4 Å². The van der Waals surface area contributed by atoms with E-state index < -0.39 is 0 Å². The zero-order chi connectivity index (χ0) is 18.2. The van der Waals surface area contributed by atoms with Crippen LogP contribution >= 0.6 is 0 Å². The molecule has 0 unspecified atom stereocenters. The van der Waals surface area contributed by atoms with E-state index in [9.17, 15) is 10.2 Å². The minimum atomic E-state index is 0. The van der Waals surface area contributed by atoms with Gasteiger partial charge in [-0.15, -0.1) is 0 Å². The molecule has 3 heteroatoms. The Morgan fingerprint density at radius 1 is 0.519 bits per heavy atom. The van der Waals surface area contributed by atoms with Gasteiger partial charge < -0.3 is 10.2 Å². The molecule has 4 rings (SSSR count). The molecule has 2 aliphatic carbocycles. The second kappa shape index (κ2) is 11.7. The number of hydrogen-bond acceptors (Lipinski definition) is 2. The largest absolute Gasteiger partial charge is 0.508 e. The van der Waals surface area contributed by atoms with Crippen molar-refractivity contribution in [2.75, 3.05) is 0 Å². The number of phenolic OH excluding ortho intramolecular Hbond substituents is 2. The van der Waals surface area contributed by atoms with Crippen LogP contribution in [0, 0.1) is 0 Å². The summed E-state index contributed by atoms with van der Waals surface area (Å²) in [6.45, 7) is 0. The molecule has 0 saturated heterocycles. The Morgan fingerprint density at radius 2 is 0.852 bits per heavy atom. The molecule has 0 atom stereocenters. The van der Waals surface area contributed by atoms with Crippen LogP contribution in [-0.2, 0) is 26.2 Å². The van der Waals surface area contributed by atoms with Crippen LogP contribution in [0.2, 0.25) is 0 Å². The molecule has 0 spiro atoms. The third-order valence-corrected chi connectivity index (χ3v) is 5.96. The Morgan fingerprint density at radius 3 is 1.19 bits per heavy atom. The fraction of sp³-hybridized carbons (Fsp3) is 0.500. The number of hydrogen-bond donors (Lipinski definition) is 2. The van der Waals surface area contributed by atoms with Gasteiger partial charge in [0, 0.05) is 26.2 Å². The summed E-state index contributed by atoms with van der Waals surface area (Å²) >= 11 is 0. The van der Waals surface area contributed by atoms with Gasteiger partial charge in [0.2, 0.25) is 0 Å². The summed E-state index contributed by atoms with van der Waals surface area (Å²) in [4.78, 5) is 0. The molecule has 0 amide bonds. The number of phenols is 2. The summed E-state index contributed by atoms with van der Waals surface area (Å²) in [5.41, 5.74) is 2.31. The summed E-state index contributed by atoms with van der Waals surface area (Å²) in [7, 11) is 0. The molecule has 2 saturated carbocycles. The van der Waals surface area contributed by atoms with Gasteiger partial charge >= 0.3 is 0 Å². The molecule has 0 bridgehead atoms. The van der Waals surface area contributed by atoms with Gasteiger partial charge in [-0.05, 0) is 60.8 Å². The van der Waals surface area contributed by atoms with Crippen molar-refractivity contribution in [2.24, 2.45) is 0 Å². The van der Waals surface area contributed by atoms with Gasteiger partial charge in [-0.3, -0.25) is 0 Å². The molecule has 2 aromatic rings. The predicted molar refractivity (Wildman–Crippen MR) is 108 cm³/mol. The molecular formula is C24H32O2Zr. The molecule has 2 fully saturated rings. The third kappa shape index (κ3) is 6.49. The quantitative estimate of drug-likeness (QED) is 0.531. The van der Waals surface area contributed by atoms with Gasteiger partial charge in [0.15, 0.2) is 0 Å². The average Bonchev–Trinajstić information content (AvgIpc) is 2.71. The van der Waals surface area contributed by atoms with Crippen LogP contribution in [0.3, 0.4) is 0 Å². The van der Waals surface area contributed by atoms with E-state index in [4.69, 9.17) is 0 Å². The first kappa shape index (κ1) is 22.2. The number of aromatic hydroxyl groups is 2. The number of para-hydroxylation sites is 2. The average molecular weight is 444 g/mol. The van der Waals surface area contributed by atoms with Crippen molar-refractivity contribution in [3.05, 3.63) is 59.7 Å². The maximum atomic E-state index is 9.66. The summed E-state index contributed by atoms with van der Waals surface area (Å²) in [5.74, 6) is 2.17. The molecule has 2 N–H and O–H groups in total. The number of benzene rings is 2. The SMILES string of the molecule is Oc1ccccc1C1CCCCC1.Oc1ccccc1C1CCCCC1.[Zr]. The van der Waals surface area contributed by atoms with Gasteiger partial charge in [-0.1, -0.05) is 74.9 Å². The maximum Gasteiger partial charge on any atom is 0.119 e. The van der Waals surface area contributed by atoms with Crippen LogP contribution in [-0.4, -0.2) is 10.2 Å². The molecule has 0 aliphatic heterocycles. The second-order valence-corrected chi connectivity index (χ2v) is 7.79. The standard InChI is InChI=1S/2C12H16O.Zr/c2*13-12-9-5-4-8-11(12)10-6-2-1-3-7-10;/h2*4-5,8-10,13H,1-3,6-7H2;. The van der Waals surface area contributed by atoms with Crippen LogP contribution in [0.15, 0.2) is 48.5 Å². The minimum Gasteiger partial charge on any atom is -0.508 e. The topological polar surface area (TPSA) is 40.5 Å². The van der Waals surface area contributed by atoms with Crippen molar-refractivity contribution in [3.8, 4) is 11.5 Å². The number of rotatable bonds is 2. The Balaban J connectivity index is 0.000000187. The maximum absolute atomic E-state index is 9.66. The van der Waals surface area contributed by atoms with E-state index in [0.29, 0.717) is 23.3 Å². The van der Waals surface area contributed by atoms with Gasteiger partial charge in [-0.2, -0.15) is 0 Å². The monoisotopic (exact) mass is 442 g/mol. The fourth-order valence-electron chi connectivity index (χ4n) is 4.49. The summed E-state index contributed by atoms with van der Waals surface area (Å²) in [5, 5.41) is 19.3. The first-order chi connectivity index (χ1) is 12.8. The molecule has 27 heavy (non-hydrogen) atoms. The van der Waals surface area contributed by atoms with E-state index in [0.717, 1.165) is 11.1 Å². The Labute approximate surface area is 183 Å². The van der Waals surface area contributed by atoms with Crippen molar-refractivity contribution >= 4 is 0 Å². The molecule has 0 radical (unpaired) electrons. The van der Waals surface area contributed by atoms with Gasteiger partial charge in [-0.25, -0.2) is 0 Å². The van der Waals surface area contributed by atoms with E-state index >= 15 is 0 Å². The summed E-state index contributed by atoms with van der Waals surface area (Å²) < 4.78 is 0. The normalized spacial score (nSPS) is 18.1. The fourth-order valence-corrected chi connectivity index (χ4v) is 4.49. The summed E-state index contributed by atoms with van der Waals surface area (Å²) in [6.07, 6.45) is 13.0. The van der Waals surface area contributed by atoms with Crippen LogP contribution in [0.1, 0.15) is 87.2 Å². The van der Waals surface area contributed by atoms with E-state index in [1.807, 2.05) is 24.3 Å². The van der Waals surface area contributed by atoms with Crippen molar-refractivity contribution in [1.29, 1.82) is 0 Å². The van der Waals surface area contributed by atoms with E-state index in [1.54, 1.807) is 12.1 Å². The Bertz CT molecular complexity index is 614. The van der Waals surface area contributed by atoms with Crippen LogP contribution in [0.25, 0.3) is 0 Å². The van der Waals surface area contributed by atoms with Crippen molar-refractivity contribution in [2.45, 2.75) is 76.0 Å². The van der Waals surface area contributed by atoms with Crippen LogP contribution in [0.4, 0.5) is 0 Å². The zero-order valence-electron chi connectivity index (χ0n) is 16.2. The molecule has 2 aromatic carbocycles. The van der Waals surface area contributed by atoms with Gasteiger partial charge in [0.1, 0.15) is 11.5 Å². The summed E-state index contributed by atoms with van der Waals surface area (Å²) in [6, 6.07) is 15.5. The Kier molecular flexibility index (Phi) is 9.62.